The van der Waals surface area contributed by atoms with Crippen molar-refractivity contribution < 1.29 is 9.72 Å². The molecule has 0 saturated heterocycles. The molecule has 1 N–H and O–H groups in total. The maximum absolute atomic E-state index is 13.1. The Hall–Kier alpha value is -3.75. The van der Waals surface area contributed by atoms with Gasteiger partial charge in [0.1, 0.15) is 6.54 Å². The third-order valence-corrected chi connectivity index (χ3v) is 4.69. The van der Waals surface area contributed by atoms with Gasteiger partial charge in [-0.25, -0.2) is 9.36 Å². The topological polar surface area (TPSA) is 116 Å². The number of carbonyl (C=O) groups is 1. The molecule has 0 saturated carbocycles. The Morgan fingerprint density at radius 1 is 1.14 bits per heavy atom. The lowest BCUT2D eigenvalue weighted by Gasteiger charge is -2.16. The van der Waals surface area contributed by atoms with Crippen molar-refractivity contribution in [3.05, 3.63) is 79.5 Å². The SMILES string of the molecule is CC[C@H](C)NC(=O)Cn1c(=O)n(-c2ccc([N+](=O)[O-])cc2)c(=O)c2ccccc21. The number of nitrogens with one attached hydrogen (secondary N) is 1. The van der Waals surface area contributed by atoms with Gasteiger partial charge >= 0.3 is 5.69 Å². The number of nitrogens with zero attached hydrogens (tertiary/aromatic N) is 3. The first-order valence-electron chi connectivity index (χ1n) is 9.12. The number of carbonyl (C=O) groups excluding carboxylic acids is 1. The second-order valence-electron chi connectivity index (χ2n) is 6.68. The molecule has 0 aliphatic heterocycles. The van der Waals surface area contributed by atoms with E-state index in [9.17, 15) is 24.5 Å². The highest BCUT2D eigenvalue weighted by Gasteiger charge is 2.17. The maximum Gasteiger partial charge on any atom is 0.336 e. The summed E-state index contributed by atoms with van der Waals surface area (Å²) in [6.45, 7) is 3.54. The van der Waals surface area contributed by atoms with E-state index in [1.807, 2.05) is 13.8 Å². The minimum Gasteiger partial charge on any atom is -0.352 e. The van der Waals surface area contributed by atoms with E-state index in [4.69, 9.17) is 0 Å². The first-order chi connectivity index (χ1) is 13.8. The molecule has 0 fully saturated rings. The second kappa shape index (κ2) is 8.09. The zero-order chi connectivity index (χ0) is 21.1. The molecule has 2 aromatic carbocycles. The van der Waals surface area contributed by atoms with Crippen LogP contribution < -0.4 is 16.6 Å². The molecular weight excluding hydrogens is 376 g/mol. The van der Waals surface area contributed by atoms with Crippen molar-refractivity contribution in [2.24, 2.45) is 0 Å². The quantitative estimate of drug-likeness (QED) is 0.505. The van der Waals surface area contributed by atoms with Gasteiger partial charge in [0.05, 0.1) is 21.5 Å². The molecule has 0 radical (unpaired) electrons. The number of nitro benzene ring substituents is 1. The number of non-ortho nitro benzene ring substituents is 1. The Kier molecular flexibility index (Phi) is 5.58. The summed E-state index contributed by atoms with van der Waals surface area (Å²) in [6, 6.07) is 11.6. The smallest absolute Gasteiger partial charge is 0.336 e. The lowest BCUT2D eigenvalue weighted by molar-refractivity contribution is -0.384. The molecule has 0 bridgehead atoms. The van der Waals surface area contributed by atoms with Crippen LogP contribution in [0.4, 0.5) is 5.69 Å². The molecule has 1 amide bonds. The fraction of sp³-hybridized carbons (Fsp3) is 0.250. The van der Waals surface area contributed by atoms with Crippen LogP contribution in [0, 0.1) is 10.1 Å². The van der Waals surface area contributed by atoms with Crippen molar-refractivity contribution in [2.45, 2.75) is 32.9 Å². The average Bonchev–Trinajstić information content (AvgIpc) is 2.71. The molecule has 150 valence electrons. The third-order valence-electron chi connectivity index (χ3n) is 4.69. The highest BCUT2D eigenvalue weighted by Crippen LogP contribution is 2.15. The normalized spacial score (nSPS) is 11.9. The molecule has 1 aromatic heterocycles. The van der Waals surface area contributed by atoms with E-state index in [-0.39, 0.29) is 35.3 Å². The minimum atomic E-state index is -0.693. The van der Waals surface area contributed by atoms with E-state index in [0.717, 1.165) is 11.0 Å². The van der Waals surface area contributed by atoms with Crippen LogP contribution in [0.3, 0.4) is 0 Å². The highest BCUT2D eigenvalue weighted by atomic mass is 16.6. The first-order valence-corrected chi connectivity index (χ1v) is 9.12. The second-order valence-corrected chi connectivity index (χ2v) is 6.68. The van der Waals surface area contributed by atoms with Crippen LogP contribution in [0.2, 0.25) is 0 Å². The summed E-state index contributed by atoms with van der Waals surface area (Å²) in [5, 5.41) is 13.9. The lowest BCUT2D eigenvalue weighted by Crippen LogP contribution is -2.43. The number of amides is 1. The predicted molar refractivity (Wildman–Crippen MR) is 108 cm³/mol. The van der Waals surface area contributed by atoms with Crippen LogP contribution in [-0.4, -0.2) is 26.0 Å². The minimum absolute atomic E-state index is 0.0509. The Morgan fingerprint density at radius 3 is 2.41 bits per heavy atom. The number of nitro groups is 1. The zero-order valence-corrected chi connectivity index (χ0v) is 16.0. The lowest BCUT2D eigenvalue weighted by atomic mass is 10.2. The Labute approximate surface area is 165 Å². The van der Waals surface area contributed by atoms with Crippen molar-refractivity contribution in [1.29, 1.82) is 0 Å². The molecule has 0 unspecified atom stereocenters. The van der Waals surface area contributed by atoms with Gasteiger partial charge < -0.3 is 5.32 Å². The molecule has 9 heteroatoms. The number of benzene rings is 2. The number of para-hydroxylation sites is 1. The molecule has 1 atom stereocenters. The molecule has 9 nitrogen and oxygen atoms in total. The molecule has 29 heavy (non-hydrogen) atoms. The third kappa shape index (κ3) is 3.93. The largest absolute Gasteiger partial charge is 0.352 e. The number of hydrogen-bond donors (Lipinski definition) is 1. The van der Waals surface area contributed by atoms with Gasteiger partial charge in [-0.1, -0.05) is 19.1 Å². The van der Waals surface area contributed by atoms with Crippen molar-refractivity contribution in [1.82, 2.24) is 14.5 Å². The van der Waals surface area contributed by atoms with Gasteiger partial charge in [-0.05, 0) is 37.6 Å². The molecule has 0 spiro atoms. The van der Waals surface area contributed by atoms with E-state index in [1.165, 1.54) is 28.8 Å². The van der Waals surface area contributed by atoms with Gasteiger partial charge in [-0.3, -0.25) is 24.3 Å². The van der Waals surface area contributed by atoms with Crippen LogP contribution in [0.1, 0.15) is 20.3 Å². The van der Waals surface area contributed by atoms with Crippen LogP contribution in [0.25, 0.3) is 16.6 Å². The summed E-state index contributed by atoms with van der Waals surface area (Å²) in [6.07, 6.45) is 0.740. The zero-order valence-electron chi connectivity index (χ0n) is 16.0. The Balaban J connectivity index is 2.19. The van der Waals surface area contributed by atoms with Crippen molar-refractivity contribution in [3.63, 3.8) is 0 Å². The first kappa shape index (κ1) is 20.0. The van der Waals surface area contributed by atoms with Gasteiger partial charge in [-0.15, -0.1) is 0 Å². The van der Waals surface area contributed by atoms with Gasteiger partial charge in [0, 0.05) is 18.2 Å². The fourth-order valence-corrected chi connectivity index (χ4v) is 2.99. The summed E-state index contributed by atoms with van der Waals surface area (Å²) in [5.41, 5.74) is -0.872. The Morgan fingerprint density at radius 2 is 1.79 bits per heavy atom. The summed E-state index contributed by atoms with van der Waals surface area (Å²) >= 11 is 0. The predicted octanol–water partition coefficient (Wildman–Crippen LogP) is 1.98. The van der Waals surface area contributed by atoms with Crippen LogP contribution in [0.15, 0.2) is 58.1 Å². The van der Waals surface area contributed by atoms with Crippen molar-refractivity contribution >= 4 is 22.5 Å². The van der Waals surface area contributed by atoms with E-state index in [0.29, 0.717) is 5.52 Å². The summed E-state index contributed by atoms with van der Waals surface area (Å²) in [5.74, 6) is -0.347. The molecule has 3 rings (SSSR count). The maximum atomic E-state index is 13.1. The summed E-state index contributed by atoms with van der Waals surface area (Å²) in [7, 11) is 0. The van der Waals surface area contributed by atoms with Crippen molar-refractivity contribution in [3.8, 4) is 5.69 Å². The van der Waals surface area contributed by atoms with Gasteiger partial charge in [0.25, 0.3) is 11.2 Å². The molecule has 0 aliphatic carbocycles. The number of rotatable bonds is 6. The average molecular weight is 396 g/mol. The molecule has 0 aliphatic rings. The van der Waals surface area contributed by atoms with Gasteiger partial charge in [0.2, 0.25) is 5.91 Å². The van der Waals surface area contributed by atoms with Crippen LogP contribution >= 0.6 is 0 Å². The standard InChI is InChI=1S/C20H20N4O5/c1-3-13(2)21-18(25)12-22-17-7-5-4-6-16(17)19(26)23(20(22)27)14-8-10-15(11-9-14)24(28)29/h4-11,13H,3,12H2,1-2H3,(H,21,25)/t13-/m0/s1. The molecule has 3 aromatic rings. The van der Waals surface area contributed by atoms with Gasteiger partial charge in [-0.2, -0.15) is 0 Å². The summed E-state index contributed by atoms with van der Waals surface area (Å²) < 4.78 is 2.15. The van der Waals surface area contributed by atoms with E-state index in [1.54, 1.807) is 24.3 Å². The monoisotopic (exact) mass is 396 g/mol. The van der Waals surface area contributed by atoms with Gasteiger partial charge in [0.15, 0.2) is 0 Å². The Bertz CT molecular complexity index is 1190. The van der Waals surface area contributed by atoms with Crippen molar-refractivity contribution in [2.75, 3.05) is 0 Å². The summed E-state index contributed by atoms with van der Waals surface area (Å²) in [4.78, 5) is 48.8. The molecular formula is C20H20N4O5. The number of hydrogen-bond acceptors (Lipinski definition) is 5. The number of fused-ring (bicyclic) bond motifs is 1. The fourth-order valence-electron chi connectivity index (χ4n) is 2.99. The van der Waals surface area contributed by atoms with E-state index < -0.39 is 16.2 Å². The number of aromatic nitrogens is 2. The highest BCUT2D eigenvalue weighted by molar-refractivity contribution is 5.82. The molecule has 1 heterocycles. The van der Waals surface area contributed by atoms with Crippen LogP contribution in [-0.2, 0) is 11.3 Å². The van der Waals surface area contributed by atoms with E-state index >= 15 is 0 Å². The van der Waals surface area contributed by atoms with Crippen LogP contribution in [0.5, 0.6) is 0 Å². The van der Waals surface area contributed by atoms with E-state index in [2.05, 4.69) is 5.32 Å².